The van der Waals surface area contributed by atoms with Crippen molar-refractivity contribution in [2.45, 2.75) is 38.1 Å². The number of nitrogens with one attached hydrogen (secondary N) is 3. The Morgan fingerprint density at radius 1 is 1.20 bits per heavy atom. The summed E-state index contributed by atoms with van der Waals surface area (Å²) >= 11 is 0. The highest BCUT2D eigenvalue weighted by molar-refractivity contribution is 5.84. The van der Waals surface area contributed by atoms with Crippen LogP contribution in [0.5, 0.6) is 0 Å². The number of carbonyl (C=O) groups excluding carboxylic acids is 1. The van der Waals surface area contributed by atoms with Crippen LogP contribution < -0.4 is 10.9 Å². The molecule has 1 aromatic carbocycles. The van der Waals surface area contributed by atoms with E-state index in [0.717, 1.165) is 36.0 Å². The number of H-pyrrole nitrogens is 2. The van der Waals surface area contributed by atoms with Gasteiger partial charge in [-0.3, -0.25) is 9.59 Å². The van der Waals surface area contributed by atoms with Gasteiger partial charge in [-0.25, -0.2) is 0 Å². The monoisotopic (exact) mass is 335 g/mol. The lowest BCUT2D eigenvalue weighted by Gasteiger charge is -2.25. The van der Waals surface area contributed by atoms with E-state index in [2.05, 4.69) is 21.4 Å². The topological polar surface area (TPSA) is 77.8 Å². The van der Waals surface area contributed by atoms with Crippen LogP contribution in [0.1, 0.15) is 42.1 Å². The smallest absolute Gasteiger partial charge is 0.248 e. The zero-order chi connectivity index (χ0) is 17.2. The molecular formula is C20H21N3O2. The SMILES string of the molecule is O=C(CCc1c[nH]c2ccccc12)N[C@@H]1CCCc2[nH]c(=O)ccc21. The van der Waals surface area contributed by atoms with Crippen molar-refractivity contribution in [3.8, 4) is 0 Å². The number of hydrogen-bond acceptors (Lipinski definition) is 2. The van der Waals surface area contributed by atoms with Gasteiger partial charge in [0.05, 0.1) is 6.04 Å². The molecule has 0 saturated heterocycles. The first-order valence-electron chi connectivity index (χ1n) is 8.77. The van der Waals surface area contributed by atoms with E-state index < -0.39 is 0 Å². The molecule has 3 N–H and O–H groups in total. The number of rotatable bonds is 4. The fourth-order valence-corrected chi connectivity index (χ4v) is 3.70. The Bertz CT molecular complexity index is 970. The van der Waals surface area contributed by atoms with Gasteiger partial charge in [0.2, 0.25) is 11.5 Å². The summed E-state index contributed by atoms with van der Waals surface area (Å²) in [5, 5.41) is 4.31. The van der Waals surface area contributed by atoms with Crippen molar-refractivity contribution in [1.29, 1.82) is 0 Å². The summed E-state index contributed by atoms with van der Waals surface area (Å²) in [7, 11) is 0. The molecule has 25 heavy (non-hydrogen) atoms. The van der Waals surface area contributed by atoms with Crippen molar-refractivity contribution >= 4 is 16.8 Å². The summed E-state index contributed by atoms with van der Waals surface area (Å²) in [6, 6.07) is 11.5. The molecule has 5 heteroatoms. The van der Waals surface area contributed by atoms with Gasteiger partial charge in [-0.1, -0.05) is 18.2 Å². The van der Waals surface area contributed by atoms with Gasteiger partial charge in [-0.15, -0.1) is 0 Å². The molecule has 2 heterocycles. The third-order valence-corrected chi connectivity index (χ3v) is 4.96. The molecule has 1 amide bonds. The minimum Gasteiger partial charge on any atom is -0.361 e. The minimum atomic E-state index is -0.0786. The van der Waals surface area contributed by atoms with Gasteiger partial charge < -0.3 is 15.3 Å². The Labute approximate surface area is 145 Å². The predicted molar refractivity (Wildman–Crippen MR) is 97.5 cm³/mol. The van der Waals surface area contributed by atoms with E-state index in [0.29, 0.717) is 12.8 Å². The van der Waals surface area contributed by atoms with Crippen molar-refractivity contribution in [3.63, 3.8) is 0 Å². The van der Waals surface area contributed by atoms with Crippen LogP contribution in [-0.4, -0.2) is 15.9 Å². The molecule has 128 valence electrons. The van der Waals surface area contributed by atoms with Gasteiger partial charge >= 0.3 is 0 Å². The Balaban J connectivity index is 1.42. The average molecular weight is 335 g/mol. The normalized spacial score (nSPS) is 16.6. The quantitative estimate of drug-likeness (QED) is 0.685. The highest BCUT2D eigenvalue weighted by Gasteiger charge is 2.22. The van der Waals surface area contributed by atoms with Crippen LogP contribution in [0.25, 0.3) is 10.9 Å². The largest absolute Gasteiger partial charge is 0.361 e. The van der Waals surface area contributed by atoms with Gasteiger partial charge in [-0.2, -0.15) is 0 Å². The molecule has 3 aromatic rings. The summed E-state index contributed by atoms with van der Waals surface area (Å²) in [4.78, 5) is 30.0. The highest BCUT2D eigenvalue weighted by atomic mass is 16.1. The van der Waals surface area contributed by atoms with Gasteiger partial charge in [0.25, 0.3) is 0 Å². The second-order valence-electron chi connectivity index (χ2n) is 6.63. The van der Waals surface area contributed by atoms with Crippen LogP contribution in [0.2, 0.25) is 0 Å². The maximum Gasteiger partial charge on any atom is 0.248 e. The van der Waals surface area contributed by atoms with Crippen molar-refractivity contribution in [3.05, 3.63) is 69.8 Å². The van der Waals surface area contributed by atoms with E-state index in [4.69, 9.17) is 0 Å². The number of pyridine rings is 1. The van der Waals surface area contributed by atoms with Crippen LogP contribution in [0.3, 0.4) is 0 Å². The summed E-state index contributed by atoms with van der Waals surface area (Å²) in [6.07, 6.45) is 5.90. The van der Waals surface area contributed by atoms with Crippen molar-refractivity contribution in [2.24, 2.45) is 0 Å². The van der Waals surface area contributed by atoms with Gasteiger partial charge in [-0.05, 0) is 48.9 Å². The van der Waals surface area contributed by atoms with Crippen molar-refractivity contribution < 1.29 is 4.79 Å². The molecule has 1 atom stereocenters. The molecule has 0 radical (unpaired) electrons. The molecule has 0 aliphatic heterocycles. The van der Waals surface area contributed by atoms with Crippen LogP contribution in [0, 0.1) is 0 Å². The van der Waals surface area contributed by atoms with E-state index in [1.165, 1.54) is 17.0 Å². The first kappa shape index (κ1) is 15.7. The Morgan fingerprint density at radius 2 is 2.08 bits per heavy atom. The lowest BCUT2D eigenvalue weighted by atomic mass is 9.91. The van der Waals surface area contributed by atoms with E-state index in [1.54, 1.807) is 0 Å². The molecule has 0 fully saturated rings. The van der Waals surface area contributed by atoms with E-state index in [1.807, 2.05) is 30.5 Å². The first-order valence-corrected chi connectivity index (χ1v) is 8.77. The number of aryl methyl sites for hydroxylation is 2. The van der Waals surface area contributed by atoms with Crippen LogP contribution in [-0.2, 0) is 17.6 Å². The van der Waals surface area contributed by atoms with Gasteiger partial charge in [0, 0.05) is 35.3 Å². The second-order valence-corrected chi connectivity index (χ2v) is 6.63. The number of amides is 1. The van der Waals surface area contributed by atoms with Crippen molar-refractivity contribution in [2.75, 3.05) is 0 Å². The van der Waals surface area contributed by atoms with E-state index >= 15 is 0 Å². The lowest BCUT2D eigenvalue weighted by Crippen LogP contribution is -2.32. The molecule has 0 spiro atoms. The summed E-state index contributed by atoms with van der Waals surface area (Å²) in [5.74, 6) is 0.0503. The molecule has 0 bridgehead atoms. The second kappa shape index (κ2) is 6.59. The lowest BCUT2D eigenvalue weighted by molar-refractivity contribution is -0.121. The van der Waals surface area contributed by atoms with E-state index in [9.17, 15) is 9.59 Å². The molecule has 1 aliphatic rings. The molecule has 4 rings (SSSR count). The zero-order valence-electron chi connectivity index (χ0n) is 14.0. The highest BCUT2D eigenvalue weighted by Crippen LogP contribution is 2.27. The Hall–Kier alpha value is -2.82. The van der Waals surface area contributed by atoms with Crippen LogP contribution >= 0.6 is 0 Å². The number of fused-ring (bicyclic) bond motifs is 2. The molecule has 5 nitrogen and oxygen atoms in total. The number of hydrogen-bond donors (Lipinski definition) is 3. The number of aromatic amines is 2. The van der Waals surface area contributed by atoms with Crippen LogP contribution in [0.4, 0.5) is 0 Å². The Morgan fingerprint density at radius 3 is 3.00 bits per heavy atom. The summed E-state index contributed by atoms with van der Waals surface area (Å²) in [5.41, 5.74) is 4.19. The van der Waals surface area contributed by atoms with Gasteiger partial charge in [0.1, 0.15) is 0 Å². The number of benzene rings is 1. The first-order chi connectivity index (χ1) is 12.2. The van der Waals surface area contributed by atoms with Crippen LogP contribution in [0.15, 0.2) is 47.4 Å². The fraction of sp³-hybridized carbons (Fsp3) is 0.300. The fourth-order valence-electron chi connectivity index (χ4n) is 3.70. The maximum atomic E-state index is 12.4. The molecular weight excluding hydrogens is 314 g/mol. The Kier molecular flexibility index (Phi) is 4.14. The standard InChI is InChI=1S/C20H21N3O2/c24-19(10-8-13-12-21-16-5-2-1-4-14(13)16)22-17-6-3-7-18-15(17)9-11-20(25)23-18/h1-2,4-5,9,11-12,17,21H,3,6-8,10H2,(H,22,24)(H,23,25)/t17-/m1/s1. The summed E-state index contributed by atoms with van der Waals surface area (Å²) in [6.45, 7) is 0. The van der Waals surface area contributed by atoms with Crippen molar-refractivity contribution in [1.82, 2.24) is 15.3 Å². The third kappa shape index (κ3) is 3.22. The molecule has 0 saturated carbocycles. The molecule has 1 aliphatic carbocycles. The maximum absolute atomic E-state index is 12.4. The third-order valence-electron chi connectivity index (χ3n) is 4.96. The summed E-state index contributed by atoms with van der Waals surface area (Å²) < 4.78 is 0. The number of carbonyl (C=O) groups is 1. The average Bonchev–Trinajstić information content (AvgIpc) is 3.03. The van der Waals surface area contributed by atoms with Gasteiger partial charge in [0.15, 0.2) is 0 Å². The number of aromatic nitrogens is 2. The minimum absolute atomic E-state index is 0.00364. The zero-order valence-corrected chi connectivity index (χ0v) is 14.0. The molecule has 0 unspecified atom stereocenters. The number of para-hydroxylation sites is 1. The van der Waals surface area contributed by atoms with E-state index in [-0.39, 0.29) is 17.5 Å². The predicted octanol–water partition coefficient (Wildman–Crippen LogP) is 2.98. The molecule has 2 aromatic heterocycles.